The van der Waals surface area contributed by atoms with Gasteiger partial charge in [0, 0.05) is 17.7 Å². The Kier molecular flexibility index (Phi) is 8.67. The standard InChI is InChI=1S/C15H10BrN2.C13H12N.Ir/c16-12-7-5-11(6-8-12)15(13-3-1-9-17-13)14-4-2-10-18-14;1-11-7-3-4-8-12(11)13-9-5-6-10-14(13)2;/h1-10H;3-10H,1-2H2;/q2*-1;+3/b15-13-;;. The molecular weight excluding hydrogens is 650 g/mol. The molecule has 0 amide bonds. The predicted octanol–water partition coefficient (Wildman–Crippen LogP) is 6.27. The molecule has 164 valence electrons. The second-order valence-corrected chi connectivity index (χ2v) is 8.06. The van der Waals surface area contributed by atoms with E-state index in [1.54, 1.807) is 12.4 Å². The van der Waals surface area contributed by atoms with Crippen molar-refractivity contribution >= 4 is 27.7 Å². The number of hydrogen-bond donors (Lipinski definition) is 0. The first-order chi connectivity index (χ1) is 15.6. The molecule has 2 aromatic carbocycles. The van der Waals surface area contributed by atoms with Gasteiger partial charge in [0.05, 0.1) is 17.6 Å². The van der Waals surface area contributed by atoms with E-state index in [1.807, 2.05) is 83.6 Å². The minimum Gasteiger partial charge on any atom is -0.664 e. The van der Waals surface area contributed by atoms with Crippen molar-refractivity contribution in [2.45, 2.75) is 0 Å². The molecule has 2 aromatic heterocycles. The average molecular weight is 673 g/mol. The molecule has 3 nitrogen and oxygen atoms in total. The van der Waals surface area contributed by atoms with Crippen LogP contribution in [0.1, 0.15) is 16.8 Å². The third-order valence-electron chi connectivity index (χ3n) is 4.99. The first kappa shape index (κ1) is 24.5. The molecule has 0 saturated carbocycles. The van der Waals surface area contributed by atoms with E-state index in [9.17, 15) is 0 Å². The minimum atomic E-state index is 0. The maximum Gasteiger partial charge on any atom is 3.00 e. The summed E-state index contributed by atoms with van der Waals surface area (Å²) >= 11 is 3.45. The summed E-state index contributed by atoms with van der Waals surface area (Å²) in [5.41, 5.74) is 7.33. The molecule has 33 heavy (non-hydrogen) atoms. The number of pyridine rings is 1. The molecule has 0 aliphatic carbocycles. The third kappa shape index (κ3) is 6.02. The van der Waals surface area contributed by atoms with Crippen molar-refractivity contribution in [2.24, 2.45) is 4.99 Å². The summed E-state index contributed by atoms with van der Waals surface area (Å²) in [6.07, 6.45) is 9.49. The second-order valence-electron chi connectivity index (χ2n) is 7.14. The quantitative estimate of drug-likeness (QED) is 0.187. The molecule has 0 fully saturated rings. The molecule has 0 atom stereocenters. The van der Waals surface area contributed by atoms with Crippen LogP contribution < -0.4 is 9.55 Å². The first-order valence-electron chi connectivity index (χ1n) is 10.2. The largest absolute Gasteiger partial charge is 3.00 e. The Morgan fingerprint density at radius 2 is 1.67 bits per heavy atom. The molecule has 0 saturated heterocycles. The Bertz CT molecular complexity index is 1230. The van der Waals surface area contributed by atoms with Gasteiger partial charge in [-0.2, -0.15) is 24.8 Å². The van der Waals surface area contributed by atoms with Crippen molar-refractivity contribution < 1.29 is 24.7 Å². The van der Waals surface area contributed by atoms with Crippen LogP contribution in [0.4, 0.5) is 0 Å². The Balaban J connectivity index is 0.000000186. The molecule has 0 bridgehead atoms. The third-order valence-corrected chi connectivity index (χ3v) is 5.52. The Labute approximate surface area is 217 Å². The van der Waals surface area contributed by atoms with Gasteiger partial charge in [-0.15, -0.1) is 23.4 Å². The van der Waals surface area contributed by atoms with E-state index in [2.05, 4.69) is 58.1 Å². The summed E-state index contributed by atoms with van der Waals surface area (Å²) in [6.45, 7) is 4.00. The van der Waals surface area contributed by atoms with Crippen LogP contribution in [0.15, 0.2) is 119 Å². The van der Waals surface area contributed by atoms with Crippen LogP contribution in [0.5, 0.6) is 0 Å². The van der Waals surface area contributed by atoms with Crippen LogP contribution in [0.2, 0.25) is 0 Å². The molecular formula is C28H22BrIrN3+. The molecule has 3 heterocycles. The SMILES string of the molecule is Brc1ccc(/C(=C2\C=CC=N2)c2ccc[n-]2)cc1.[CH2-]c1ccccc1-c1cccc[n+]1[CH2-].[Ir+3]. The monoisotopic (exact) mass is 672 g/mol. The second kappa shape index (κ2) is 11.7. The summed E-state index contributed by atoms with van der Waals surface area (Å²) in [4.78, 5) is 8.77. The van der Waals surface area contributed by atoms with Crippen LogP contribution in [0.25, 0.3) is 16.8 Å². The van der Waals surface area contributed by atoms with Crippen molar-refractivity contribution in [3.63, 3.8) is 0 Å². The zero-order valence-corrected chi connectivity index (χ0v) is 21.8. The number of benzene rings is 2. The normalized spacial score (nSPS) is 13.1. The fourth-order valence-electron chi connectivity index (χ4n) is 3.43. The van der Waals surface area contributed by atoms with Crippen molar-refractivity contribution in [2.75, 3.05) is 0 Å². The number of allylic oxidation sites excluding steroid dienone is 2. The molecule has 5 heteroatoms. The van der Waals surface area contributed by atoms with Gasteiger partial charge < -0.3 is 9.55 Å². The van der Waals surface area contributed by atoms with Crippen molar-refractivity contribution in [3.05, 3.63) is 144 Å². The van der Waals surface area contributed by atoms with Crippen LogP contribution in [-0.4, -0.2) is 6.21 Å². The summed E-state index contributed by atoms with van der Waals surface area (Å²) in [5, 5.41) is 0. The van der Waals surface area contributed by atoms with Crippen molar-refractivity contribution in [1.29, 1.82) is 0 Å². The van der Waals surface area contributed by atoms with Crippen LogP contribution in [0.3, 0.4) is 0 Å². The van der Waals surface area contributed by atoms with E-state index in [-0.39, 0.29) is 20.1 Å². The van der Waals surface area contributed by atoms with Crippen molar-refractivity contribution in [3.8, 4) is 11.3 Å². The molecule has 0 spiro atoms. The number of hydrogen-bond acceptors (Lipinski definition) is 1. The molecule has 4 aromatic rings. The van der Waals surface area contributed by atoms with Crippen LogP contribution in [-0.2, 0) is 20.1 Å². The smallest absolute Gasteiger partial charge is 0.664 e. The summed E-state index contributed by atoms with van der Waals surface area (Å²) in [6, 6.07) is 26.2. The van der Waals surface area contributed by atoms with E-state index in [0.717, 1.165) is 43.8 Å². The molecule has 1 aliphatic rings. The van der Waals surface area contributed by atoms with Gasteiger partial charge in [0.2, 0.25) is 0 Å². The van der Waals surface area contributed by atoms with Gasteiger partial charge in [0.15, 0.2) is 0 Å². The Hall–Kier alpha value is -3.11. The van der Waals surface area contributed by atoms with Crippen molar-refractivity contribution in [1.82, 2.24) is 4.98 Å². The number of nitrogens with zero attached hydrogens (tertiary/aromatic N) is 3. The van der Waals surface area contributed by atoms with E-state index >= 15 is 0 Å². The first-order valence-corrected chi connectivity index (χ1v) is 10.9. The maximum atomic E-state index is 4.38. The minimum absolute atomic E-state index is 0. The zero-order chi connectivity index (χ0) is 22.3. The number of rotatable bonds is 3. The predicted molar refractivity (Wildman–Crippen MR) is 135 cm³/mol. The van der Waals surface area contributed by atoms with Gasteiger partial charge in [0.1, 0.15) is 0 Å². The fraction of sp³-hybridized carbons (Fsp3) is 0. The van der Waals surface area contributed by atoms with Gasteiger partial charge in [-0.05, 0) is 35.4 Å². The van der Waals surface area contributed by atoms with Gasteiger partial charge in [-0.3, -0.25) is 4.99 Å². The maximum absolute atomic E-state index is 4.38. The topological polar surface area (TPSA) is 30.3 Å². The summed E-state index contributed by atoms with van der Waals surface area (Å²) in [5.74, 6) is 0. The van der Waals surface area contributed by atoms with Gasteiger partial charge >= 0.3 is 20.1 Å². The fourth-order valence-corrected chi connectivity index (χ4v) is 3.70. The van der Waals surface area contributed by atoms with Crippen LogP contribution in [0, 0.1) is 14.0 Å². The van der Waals surface area contributed by atoms with Gasteiger partial charge in [0.25, 0.3) is 0 Å². The Morgan fingerprint density at radius 3 is 2.30 bits per heavy atom. The van der Waals surface area contributed by atoms with Crippen LogP contribution >= 0.6 is 15.9 Å². The summed E-state index contributed by atoms with van der Waals surface area (Å²) < 4.78 is 2.92. The zero-order valence-electron chi connectivity index (χ0n) is 17.9. The van der Waals surface area contributed by atoms with E-state index in [4.69, 9.17) is 0 Å². The van der Waals surface area contributed by atoms with E-state index in [0.29, 0.717) is 0 Å². The van der Waals surface area contributed by atoms with E-state index in [1.165, 1.54) is 0 Å². The molecule has 0 radical (unpaired) electrons. The Morgan fingerprint density at radius 1 is 0.909 bits per heavy atom. The number of halogens is 1. The average Bonchev–Trinajstić information content (AvgIpc) is 3.52. The number of aliphatic imine (C=N–C) groups is 1. The van der Waals surface area contributed by atoms with Gasteiger partial charge in [-0.25, -0.2) is 0 Å². The molecule has 5 rings (SSSR count). The number of aromatic nitrogens is 2. The molecule has 1 aliphatic heterocycles. The van der Waals surface area contributed by atoms with Gasteiger partial charge in [-0.1, -0.05) is 64.5 Å². The molecule has 0 unspecified atom stereocenters. The van der Waals surface area contributed by atoms with E-state index < -0.39 is 0 Å². The summed E-state index contributed by atoms with van der Waals surface area (Å²) in [7, 11) is 3.93. The molecule has 0 N–H and O–H groups in total.